The van der Waals surface area contributed by atoms with Crippen LogP contribution in [-0.4, -0.2) is 14.7 Å². The molecule has 9 heavy (non-hydrogen) atoms. The van der Waals surface area contributed by atoms with E-state index in [4.69, 9.17) is 16.7 Å². The molecule has 0 saturated carbocycles. The van der Waals surface area contributed by atoms with Gasteiger partial charge in [0.05, 0.1) is 0 Å². The van der Waals surface area contributed by atoms with E-state index in [-0.39, 0.29) is 11.0 Å². The molecule has 0 aliphatic rings. The number of nitrogens with one attached hydrogen (secondary N) is 1. The first-order chi connectivity index (χ1) is 4.13. The number of rotatable bonds is 0. The molecule has 0 bridgehead atoms. The lowest BCUT2D eigenvalue weighted by atomic mass is 10.8. The summed E-state index contributed by atoms with van der Waals surface area (Å²) in [5.74, 6) is -0.235. The number of aromatic hydroxyl groups is 1. The van der Waals surface area contributed by atoms with Crippen molar-refractivity contribution in [3.63, 3.8) is 0 Å². The molecular formula is C4H5ClN2O2. The highest BCUT2D eigenvalue weighted by Gasteiger charge is 2.04. The number of hydrogen-bond donors (Lipinski definition) is 2. The number of imidazole rings is 1. The summed E-state index contributed by atoms with van der Waals surface area (Å²) in [6.07, 6.45) is 0. The van der Waals surface area contributed by atoms with Crippen LogP contribution in [0.5, 0.6) is 5.88 Å². The van der Waals surface area contributed by atoms with Crippen molar-refractivity contribution in [3.05, 3.63) is 15.6 Å². The van der Waals surface area contributed by atoms with E-state index in [0.29, 0.717) is 0 Å². The molecule has 1 rings (SSSR count). The number of nitrogens with zero attached hydrogens (tertiary/aromatic N) is 1. The largest absolute Gasteiger partial charge is 0.492 e. The fourth-order valence-corrected chi connectivity index (χ4v) is 0.685. The number of halogens is 1. The quantitative estimate of drug-likeness (QED) is 0.547. The van der Waals surface area contributed by atoms with E-state index in [2.05, 4.69) is 4.98 Å². The van der Waals surface area contributed by atoms with Gasteiger partial charge in [-0.05, 0) is 0 Å². The second-order valence-electron chi connectivity index (χ2n) is 1.63. The van der Waals surface area contributed by atoms with Gasteiger partial charge in [-0.2, -0.15) is 0 Å². The van der Waals surface area contributed by atoms with Crippen molar-refractivity contribution in [1.29, 1.82) is 0 Å². The summed E-state index contributed by atoms with van der Waals surface area (Å²) in [7, 11) is 1.42. The van der Waals surface area contributed by atoms with Gasteiger partial charge in [-0.15, -0.1) is 0 Å². The van der Waals surface area contributed by atoms with Crippen LogP contribution >= 0.6 is 11.6 Å². The van der Waals surface area contributed by atoms with Gasteiger partial charge in [0, 0.05) is 7.05 Å². The lowest BCUT2D eigenvalue weighted by molar-refractivity contribution is 0.430. The monoisotopic (exact) mass is 148 g/mol. The van der Waals surface area contributed by atoms with Gasteiger partial charge in [-0.25, -0.2) is 4.79 Å². The molecule has 4 nitrogen and oxygen atoms in total. The Morgan fingerprint density at radius 2 is 2.33 bits per heavy atom. The highest BCUT2D eigenvalue weighted by Crippen LogP contribution is 2.15. The van der Waals surface area contributed by atoms with Crippen LogP contribution in [0.1, 0.15) is 0 Å². The third-order valence-electron chi connectivity index (χ3n) is 1.04. The standard InChI is InChI=1S/C4H5ClN2O2/c1-7-3(8)2(5)6-4(7)9/h8H,1H3,(H,6,9). The van der Waals surface area contributed by atoms with Gasteiger partial charge in [0.2, 0.25) is 5.88 Å². The van der Waals surface area contributed by atoms with Crippen molar-refractivity contribution in [3.8, 4) is 5.88 Å². The second-order valence-corrected chi connectivity index (χ2v) is 2.00. The number of aromatic amines is 1. The van der Waals surface area contributed by atoms with Crippen LogP contribution in [0.25, 0.3) is 0 Å². The van der Waals surface area contributed by atoms with Crippen molar-refractivity contribution < 1.29 is 5.11 Å². The maximum atomic E-state index is 10.5. The Labute approximate surface area is 55.7 Å². The van der Waals surface area contributed by atoms with E-state index in [1.165, 1.54) is 7.05 Å². The summed E-state index contributed by atoms with van der Waals surface area (Å²) in [4.78, 5) is 12.7. The van der Waals surface area contributed by atoms with Gasteiger partial charge in [-0.1, -0.05) is 11.6 Å². The molecule has 0 amide bonds. The molecule has 0 spiro atoms. The molecule has 50 valence electrons. The minimum absolute atomic E-state index is 0.0255. The van der Waals surface area contributed by atoms with Crippen LogP contribution < -0.4 is 5.69 Å². The summed E-state index contributed by atoms with van der Waals surface area (Å²) >= 11 is 5.31. The SMILES string of the molecule is Cn1c(O)c(Cl)[nH]c1=O. The van der Waals surface area contributed by atoms with E-state index in [1.807, 2.05) is 0 Å². The van der Waals surface area contributed by atoms with E-state index in [0.717, 1.165) is 4.57 Å². The molecule has 0 aliphatic carbocycles. The zero-order valence-corrected chi connectivity index (χ0v) is 5.44. The molecule has 5 heteroatoms. The fourth-order valence-electron chi connectivity index (χ4n) is 0.477. The van der Waals surface area contributed by atoms with Crippen molar-refractivity contribution >= 4 is 11.6 Å². The third-order valence-corrected chi connectivity index (χ3v) is 1.30. The van der Waals surface area contributed by atoms with Crippen molar-refractivity contribution in [2.75, 3.05) is 0 Å². The van der Waals surface area contributed by atoms with Crippen LogP contribution in [0.2, 0.25) is 5.15 Å². The molecule has 0 radical (unpaired) electrons. The molecule has 1 heterocycles. The van der Waals surface area contributed by atoms with Crippen LogP contribution in [0.4, 0.5) is 0 Å². The number of hydrogen-bond acceptors (Lipinski definition) is 2. The lowest BCUT2D eigenvalue weighted by Gasteiger charge is -1.87. The summed E-state index contributed by atoms with van der Waals surface area (Å²) in [5, 5.41) is 8.80. The van der Waals surface area contributed by atoms with Gasteiger partial charge in [0.1, 0.15) is 0 Å². The van der Waals surface area contributed by atoms with Crippen molar-refractivity contribution in [2.45, 2.75) is 0 Å². The zero-order chi connectivity index (χ0) is 7.02. The Balaban J connectivity index is 3.47. The fraction of sp³-hybridized carbons (Fsp3) is 0.250. The molecule has 0 atom stereocenters. The molecule has 0 unspecified atom stereocenters. The summed E-state index contributed by atoms with van der Waals surface area (Å²) in [6, 6.07) is 0. The first kappa shape index (κ1) is 6.22. The average molecular weight is 149 g/mol. The smallest absolute Gasteiger partial charge is 0.329 e. The third kappa shape index (κ3) is 0.810. The molecule has 0 aliphatic heterocycles. The number of H-pyrrole nitrogens is 1. The zero-order valence-electron chi connectivity index (χ0n) is 4.68. The average Bonchev–Trinajstić information content (AvgIpc) is 1.98. The topological polar surface area (TPSA) is 58.0 Å². The Morgan fingerprint density at radius 1 is 1.78 bits per heavy atom. The molecule has 0 aromatic carbocycles. The van der Waals surface area contributed by atoms with Gasteiger partial charge in [-0.3, -0.25) is 9.55 Å². The minimum Gasteiger partial charge on any atom is -0.492 e. The molecule has 2 N–H and O–H groups in total. The summed E-state index contributed by atoms with van der Waals surface area (Å²) < 4.78 is 1.02. The van der Waals surface area contributed by atoms with Gasteiger partial charge in [0.15, 0.2) is 5.15 Å². The Kier molecular flexibility index (Phi) is 1.25. The van der Waals surface area contributed by atoms with Gasteiger partial charge >= 0.3 is 5.69 Å². The molecule has 1 aromatic rings. The van der Waals surface area contributed by atoms with Gasteiger partial charge in [0.25, 0.3) is 0 Å². The van der Waals surface area contributed by atoms with Crippen LogP contribution in [0, 0.1) is 0 Å². The Hall–Kier alpha value is -0.900. The summed E-state index contributed by atoms with van der Waals surface area (Å²) in [5.41, 5.74) is -0.419. The predicted molar refractivity (Wildman–Crippen MR) is 32.7 cm³/mol. The normalized spacial score (nSPS) is 10.0. The molecule has 0 fully saturated rings. The maximum Gasteiger partial charge on any atom is 0.329 e. The number of aromatic nitrogens is 2. The van der Waals surface area contributed by atoms with Gasteiger partial charge < -0.3 is 5.11 Å². The Morgan fingerprint density at radius 3 is 2.44 bits per heavy atom. The van der Waals surface area contributed by atoms with E-state index >= 15 is 0 Å². The molecule has 1 aromatic heterocycles. The van der Waals surface area contributed by atoms with E-state index in [1.54, 1.807) is 0 Å². The highest BCUT2D eigenvalue weighted by molar-refractivity contribution is 6.30. The highest BCUT2D eigenvalue weighted by atomic mass is 35.5. The minimum atomic E-state index is -0.419. The second kappa shape index (κ2) is 1.80. The van der Waals surface area contributed by atoms with Crippen molar-refractivity contribution in [1.82, 2.24) is 9.55 Å². The van der Waals surface area contributed by atoms with Crippen LogP contribution in [0.3, 0.4) is 0 Å². The van der Waals surface area contributed by atoms with E-state index < -0.39 is 5.69 Å². The summed E-state index contributed by atoms with van der Waals surface area (Å²) in [6.45, 7) is 0. The van der Waals surface area contributed by atoms with Crippen LogP contribution in [0.15, 0.2) is 4.79 Å². The first-order valence-corrected chi connectivity index (χ1v) is 2.64. The maximum absolute atomic E-state index is 10.5. The predicted octanol–water partition coefficient (Wildman–Crippen LogP) is 0.0724. The molecule has 0 saturated heterocycles. The first-order valence-electron chi connectivity index (χ1n) is 2.26. The lowest BCUT2D eigenvalue weighted by Crippen LogP contribution is -2.11. The van der Waals surface area contributed by atoms with E-state index in [9.17, 15) is 4.79 Å². The van der Waals surface area contributed by atoms with Crippen LogP contribution in [-0.2, 0) is 7.05 Å². The Bertz CT molecular complexity index is 275. The van der Waals surface area contributed by atoms with Crippen molar-refractivity contribution in [2.24, 2.45) is 7.05 Å². The molecular weight excluding hydrogens is 144 g/mol.